The molecule has 1 atom stereocenters. The zero-order valence-electron chi connectivity index (χ0n) is 19.0. The fourth-order valence-electron chi connectivity index (χ4n) is 3.95. The molecule has 1 saturated heterocycles. The molecule has 2 aromatic carbocycles. The highest BCUT2D eigenvalue weighted by Gasteiger charge is 2.27. The van der Waals surface area contributed by atoms with E-state index in [-0.39, 0.29) is 17.2 Å². The molecule has 0 aliphatic carbocycles. The van der Waals surface area contributed by atoms with E-state index in [1.807, 2.05) is 11.8 Å². The summed E-state index contributed by atoms with van der Waals surface area (Å²) < 4.78 is 30.9. The number of carbonyl (C=O) groups is 1. The minimum Gasteiger partial charge on any atom is -0.435 e. The molecule has 4 rings (SSSR count). The largest absolute Gasteiger partial charge is 0.435 e. The Morgan fingerprint density at radius 1 is 1.09 bits per heavy atom. The molecule has 0 radical (unpaired) electrons. The lowest BCUT2D eigenvalue weighted by Gasteiger charge is -2.35. The van der Waals surface area contributed by atoms with E-state index >= 15 is 0 Å². The lowest BCUT2D eigenvalue weighted by Crippen LogP contribution is -2.50. The van der Waals surface area contributed by atoms with Crippen molar-refractivity contribution in [1.82, 2.24) is 19.4 Å². The van der Waals surface area contributed by atoms with Crippen LogP contribution in [0, 0.1) is 0 Å². The number of hydrogen-bond donors (Lipinski definition) is 0. The number of likely N-dealkylation sites (N-methyl/N-ethyl adjacent to an activating group) is 1. The molecule has 1 aromatic heterocycles. The second-order valence-corrected chi connectivity index (χ2v) is 9.25. The number of nitrogens with zero attached hydrogens (tertiary/aromatic N) is 4. The second kappa shape index (κ2) is 10.5. The molecule has 1 unspecified atom stereocenters. The molecular formula is C24H26F2N4O3S. The van der Waals surface area contributed by atoms with Gasteiger partial charge in [-0.2, -0.15) is 8.78 Å². The van der Waals surface area contributed by atoms with E-state index in [0.717, 1.165) is 19.6 Å². The van der Waals surface area contributed by atoms with Gasteiger partial charge < -0.3 is 14.5 Å². The predicted octanol–water partition coefficient (Wildman–Crippen LogP) is 3.63. The zero-order valence-corrected chi connectivity index (χ0v) is 19.8. The van der Waals surface area contributed by atoms with Crippen LogP contribution in [0.25, 0.3) is 16.6 Å². The number of amides is 1. The molecule has 7 nitrogen and oxygen atoms in total. The average molecular weight is 489 g/mol. The first-order valence-electron chi connectivity index (χ1n) is 11.1. The highest BCUT2D eigenvalue weighted by atomic mass is 32.2. The molecule has 2 heterocycles. The molecule has 0 N–H and O–H groups in total. The lowest BCUT2D eigenvalue weighted by atomic mass is 10.2. The van der Waals surface area contributed by atoms with Gasteiger partial charge in [-0.15, -0.1) is 0 Å². The first kappa shape index (κ1) is 24.2. The SMILES string of the molecule is CCN1CCN(C(=O)C(C)Sc2nc3ccccc3c(=O)n2-c2ccc(OC(F)F)cc2)CC1. The van der Waals surface area contributed by atoms with Crippen LogP contribution in [0.5, 0.6) is 5.75 Å². The molecule has 180 valence electrons. The molecular weight excluding hydrogens is 462 g/mol. The van der Waals surface area contributed by atoms with Crippen molar-refractivity contribution in [2.24, 2.45) is 0 Å². The number of piperazine rings is 1. The predicted molar refractivity (Wildman–Crippen MR) is 128 cm³/mol. The molecule has 3 aromatic rings. The summed E-state index contributed by atoms with van der Waals surface area (Å²) in [5.74, 6) is -0.0140. The van der Waals surface area contributed by atoms with Crippen LogP contribution in [0.2, 0.25) is 0 Å². The fraction of sp³-hybridized carbons (Fsp3) is 0.375. The Bertz CT molecular complexity index is 1210. The van der Waals surface area contributed by atoms with E-state index in [0.29, 0.717) is 34.8 Å². The molecule has 0 saturated carbocycles. The second-order valence-electron chi connectivity index (χ2n) is 7.94. The normalized spacial score (nSPS) is 15.6. The quantitative estimate of drug-likeness (QED) is 0.374. The van der Waals surface area contributed by atoms with Crippen molar-refractivity contribution in [3.63, 3.8) is 0 Å². The van der Waals surface area contributed by atoms with Gasteiger partial charge in [0.05, 0.1) is 21.8 Å². The summed E-state index contributed by atoms with van der Waals surface area (Å²) in [7, 11) is 0. The van der Waals surface area contributed by atoms with Crippen LogP contribution in [0.4, 0.5) is 8.78 Å². The Morgan fingerprint density at radius 3 is 2.41 bits per heavy atom. The number of ether oxygens (including phenoxy) is 1. The minimum atomic E-state index is -2.94. The van der Waals surface area contributed by atoms with Gasteiger partial charge in [0.15, 0.2) is 5.16 Å². The Labute approximate surface area is 200 Å². The summed E-state index contributed by atoms with van der Waals surface area (Å²) in [4.78, 5) is 35.3. The number of hydrogen-bond acceptors (Lipinski definition) is 6. The summed E-state index contributed by atoms with van der Waals surface area (Å²) in [5.41, 5.74) is 0.676. The van der Waals surface area contributed by atoms with Crippen molar-refractivity contribution >= 4 is 28.6 Å². The minimum absolute atomic E-state index is 0.00427. The van der Waals surface area contributed by atoms with Crippen LogP contribution in [0.1, 0.15) is 13.8 Å². The number of carbonyl (C=O) groups excluding carboxylic acids is 1. The lowest BCUT2D eigenvalue weighted by molar-refractivity contribution is -0.132. The van der Waals surface area contributed by atoms with E-state index in [1.54, 1.807) is 24.3 Å². The van der Waals surface area contributed by atoms with Crippen molar-refractivity contribution in [2.45, 2.75) is 30.9 Å². The molecule has 1 fully saturated rings. The zero-order chi connectivity index (χ0) is 24.2. The molecule has 1 aliphatic heterocycles. The van der Waals surface area contributed by atoms with Gasteiger partial charge in [0.25, 0.3) is 5.56 Å². The van der Waals surface area contributed by atoms with Crippen LogP contribution >= 0.6 is 11.8 Å². The van der Waals surface area contributed by atoms with Gasteiger partial charge in [-0.05, 0) is 49.9 Å². The number of aromatic nitrogens is 2. The van der Waals surface area contributed by atoms with Crippen molar-refractivity contribution in [3.8, 4) is 11.4 Å². The van der Waals surface area contributed by atoms with Gasteiger partial charge >= 0.3 is 6.61 Å². The Kier molecular flexibility index (Phi) is 7.47. The maximum atomic E-state index is 13.4. The van der Waals surface area contributed by atoms with Gasteiger partial charge in [0.1, 0.15) is 5.75 Å². The maximum Gasteiger partial charge on any atom is 0.387 e. The van der Waals surface area contributed by atoms with E-state index in [1.165, 1.54) is 40.6 Å². The molecule has 10 heteroatoms. The smallest absolute Gasteiger partial charge is 0.387 e. The third kappa shape index (κ3) is 5.23. The molecule has 34 heavy (non-hydrogen) atoms. The third-order valence-electron chi connectivity index (χ3n) is 5.83. The number of rotatable bonds is 7. The Hall–Kier alpha value is -2.98. The van der Waals surface area contributed by atoms with Crippen molar-refractivity contribution < 1.29 is 18.3 Å². The Balaban J connectivity index is 1.66. The van der Waals surface area contributed by atoms with Gasteiger partial charge in [0, 0.05) is 26.2 Å². The maximum absolute atomic E-state index is 13.4. The standard InChI is InChI=1S/C24H26F2N4O3S/c1-3-28-12-14-29(15-13-28)21(31)16(2)34-24-27-20-7-5-4-6-19(20)22(32)30(24)17-8-10-18(11-9-17)33-23(25)26/h4-11,16,23H,3,12-15H2,1-2H3. The van der Waals surface area contributed by atoms with E-state index in [4.69, 9.17) is 0 Å². The number of alkyl halides is 2. The summed E-state index contributed by atoms with van der Waals surface area (Å²) in [6, 6.07) is 12.8. The summed E-state index contributed by atoms with van der Waals surface area (Å²) >= 11 is 1.21. The highest BCUT2D eigenvalue weighted by Crippen LogP contribution is 2.27. The first-order chi connectivity index (χ1) is 16.4. The number of para-hydroxylation sites is 1. The van der Waals surface area contributed by atoms with E-state index < -0.39 is 11.9 Å². The van der Waals surface area contributed by atoms with E-state index in [9.17, 15) is 18.4 Å². The summed E-state index contributed by atoms with van der Waals surface area (Å²) in [5, 5.41) is 0.322. The molecule has 1 amide bonds. The number of halogens is 2. The fourth-order valence-corrected chi connectivity index (χ4v) is 4.96. The third-order valence-corrected chi connectivity index (χ3v) is 6.87. The monoisotopic (exact) mass is 488 g/mol. The van der Waals surface area contributed by atoms with Gasteiger partial charge in [-0.3, -0.25) is 14.2 Å². The van der Waals surface area contributed by atoms with Crippen LogP contribution in [-0.4, -0.2) is 69.8 Å². The van der Waals surface area contributed by atoms with Crippen LogP contribution in [0.3, 0.4) is 0 Å². The van der Waals surface area contributed by atoms with Crippen molar-refractivity contribution in [3.05, 3.63) is 58.9 Å². The topological polar surface area (TPSA) is 67.7 Å². The molecule has 1 aliphatic rings. The number of fused-ring (bicyclic) bond motifs is 1. The van der Waals surface area contributed by atoms with Crippen molar-refractivity contribution in [1.29, 1.82) is 0 Å². The van der Waals surface area contributed by atoms with Gasteiger partial charge in [0.2, 0.25) is 5.91 Å². The van der Waals surface area contributed by atoms with E-state index in [2.05, 4.69) is 21.5 Å². The van der Waals surface area contributed by atoms with Crippen LogP contribution in [-0.2, 0) is 4.79 Å². The molecule has 0 spiro atoms. The number of thioether (sulfide) groups is 1. The van der Waals surface area contributed by atoms with Crippen LogP contribution < -0.4 is 10.3 Å². The van der Waals surface area contributed by atoms with Crippen LogP contribution in [0.15, 0.2) is 58.5 Å². The first-order valence-corrected chi connectivity index (χ1v) is 12.0. The Morgan fingerprint density at radius 2 is 1.76 bits per heavy atom. The summed E-state index contributed by atoms with van der Waals surface area (Å²) in [6.07, 6.45) is 0. The van der Waals surface area contributed by atoms with Gasteiger partial charge in [-0.1, -0.05) is 30.8 Å². The average Bonchev–Trinajstić information content (AvgIpc) is 2.84. The van der Waals surface area contributed by atoms with Crippen molar-refractivity contribution in [2.75, 3.05) is 32.7 Å². The number of benzene rings is 2. The highest BCUT2D eigenvalue weighted by molar-refractivity contribution is 8.00. The van der Waals surface area contributed by atoms with Gasteiger partial charge in [-0.25, -0.2) is 4.98 Å². The molecule has 0 bridgehead atoms. The summed E-state index contributed by atoms with van der Waals surface area (Å²) in [6.45, 7) is 4.95.